The maximum absolute atomic E-state index is 12.2. The summed E-state index contributed by atoms with van der Waals surface area (Å²) in [7, 11) is 0. The zero-order chi connectivity index (χ0) is 17.4. The lowest BCUT2D eigenvalue weighted by Gasteiger charge is -2.15. The molecule has 4 heteroatoms. The van der Waals surface area contributed by atoms with Crippen LogP contribution in [-0.2, 0) is 0 Å². The summed E-state index contributed by atoms with van der Waals surface area (Å²) < 4.78 is 0. The minimum atomic E-state index is -0.0700. The highest BCUT2D eigenvalue weighted by atomic mass is 16.1. The van der Waals surface area contributed by atoms with Crippen LogP contribution in [0.1, 0.15) is 61.9 Å². The first-order valence-electron chi connectivity index (χ1n) is 8.71. The Hall–Kier alpha value is -2.36. The summed E-state index contributed by atoms with van der Waals surface area (Å²) in [5, 5.41) is 6.33. The van der Waals surface area contributed by atoms with Crippen LogP contribution in [0, 0.1) is 0 Å². The normalized spacial score (nSPS) is 10.7. The van der Waals surface area contributed by atoms with Gasteiger partial charge in [0.1, 0.15) is 0 Å². The van der Waals surface area contributed by atoms with E-state index in [-0.39, 0.29) is 5.91 Å². The Kier molecular flexibility index (Phi) is 6.79. The summed E-state index contributed by atoms with van der Waals surface area (Å²) in [6.45, 7) is 7.19. The number of pyridine rings is 1. The van der Waals surface area contributed by atoms with Crippen molar-refractivity contribution in [1.82, 2.24) is 10.3 Å². The summed E-state index contributed by atoms with van der Waals surface area (Å²) in [6.07, 6.45) is 6.63. The van der Waals surface area contributed by atoms with Crippen LogP contribution in [0.5, 0.6) is 0 Å². The number of anilines is 2. The molecule has 1 heterocycles. The van der Waals surface area contributed by atoms with Crippen molar-refractivity contribution in [3.05, 3.63) is 53.9 Å². The highest BCUT2D eigenvalue weighted by molar-refractivity contribution is 5.94. The van der Waals surface area contributed by atoms with Crippen LogP contribution in [0.4, 0.5) is 11.4 Å². The molecule has 0 saturated heterocycles. The van der Waals surface area contributed by atoms with Gasteiger partial charge in [-0.05, 0) is 30.0 Å². The van der Waals surface area contributed by atoms with Crippen LogP contribution in [-0.4, -0.2) is 17.4 Å². The van der Waals surface area contributed by atoms with Crippen LogP contribution in [0.25, 0.3) is 0 Å². The SMILES string of the molecule is CCCCCNC(=O)c1cncc(Nc2ccccc2C(C)C)c1. The third-order valence-electron chi connectivity index (χ3n) is 3.93. The molecular weight excluding hydrogens is 298 g/mol. The number of aromatic nitrogens is 1. The largest absolute Gasteiger partial charge is 0.354 e. The molecule has 0 aliphatic rings. The van der Waals surface area contributed by atoms with E-state index in [1.54, 1.807) is 12.4 Å². The van der Waals surface area contributed by atoms with Gasteiger partial charge in [-0.25, -0.2) is 0 Å². The highest BCUT2D eigenvalue weighted by Gasteiger charge is 2.09. The summed E-state index contributed by atoms with van der Waals surface area (Å²) in [6, 6.07) is 10.1. The number of hydrogen-bond donors (Lipinski definition) is 2. The number of carbonyl (C=O) groups is 1. The molecule has 1 aromatic carbocycles. The standard InChI is InChI=1S/C20H27N3O/c1-4-5-8-11-22-20(24)16-12-17(14-21-13-16)23-19-10-7-6-9-18(19)15(2)3/h6-7,9-10,12-15,23H,4-5,8,11H2,1-3H3,(H,22,24). The van der Waals surface area contributed by atoms with Crippen LogP contribution in [0.2, 0.25) is 0 Å². The zero-order valence-electron chi connectivity index (χ0n) is 14.8. The van der Waals surface area contributed by atoms with Crippen molar-refractivity contribution in [2.75, 3.05) is 11.9 Å². The van der Waals surface area contributed by atoms with Gasteiger partial charge in [-0.3, -0.25) is 9.78 Å². The number of carbonyl (C=O) groups excluding carboxylic acids is 1. The molecule has 2 aromatic rings. The first-order valence-corrected chi connectivity index (χ1v) is 8.71. The van der Waals surface area contributed by atoms with E-state index >= 15 is 0 Å². The van der Waals surface area contributed by atoms with Crippen molar-refractivity contribution >= 4 is 17.3 Å². The molecule has 0 saturated carbocycles. The van der Waals surface area contributed by atoms with E-state index in [9.17, 15) is 4.79 Å². The third kappa shape index (κ3) is 5.08. The Morgan fingerprint density at radius 1 is 1.17 bits per heavy atom. The number of hydrogen-bond acceptors (Lipinski definition) is 3. The second-order valence-electron chi connectivity index (χ2n) is 6.29. The van der Waals surface area contributed by atoms with Crippen LogP contribution < -0.4 is 10.6 Å². The lowest BCUT2D eigenvalue weighted by Crippen LogP contribution is -2.24. The fourth-order valence-corrected chi connectivity index (χ4v) is 2.58. The molecule has 4 nitrogen and oxygen atoms in total. The molecule has 0 bridgehead atoms. The lowest BCUT2D eigenvalue weighted by molar-refractivity contribution is 0.0952. The van der Waals surface area contributed by atoms with Gasteiger partial charge in [0, 0.05) is 18.4 Å². The van der Waals surface area contributed by atoms with Crippen molar-refractivity contribution in [2.45, 2.75) is 46.0 Å². The molecule has 1 amide bonds. The molecule has 0 aliphatic carbocycles. The number of unbranched alkanes of at least 4 members (excludes halogenated alkanes) is 2. The fraction of sp³-hybridized carbons (Fsp3) is 0.400. The maximum atomic E-state index is 12.2. The number of nitrogens with one attached hydrogen (secondary N) is 2. The maximum Gasteiger partial charge on any atom is 0.252 e. The van der Waals surface area contributed by atoms with Gasteiger partial charge >= 0.3 is 0 Å². The van der Waals surface area contributed by atoms with Gasteiger partial charge in [0.25, 0.3) is 5.91 Å². The average Bonchev–Trinajstić information content (AvgIpc) is 2.59. The number of rotatable bonds is 8. The molecule has 2 N–H and O–H groups in total. The number of nitrogens with zero attached hydrogens (tertiary/aromatic N) is 1. The predicted molar refractivity (Wildman–Crippen MR) is 99.9 cm³/mol. The van der Waals surface area contributed by atoms with E-state index in [1.165, 1.54) is 5.56 Å². The van der Waals surface area contributed by atoms with Gasteiger partial charge in [-0.2, -0.15) is 0 Å². The van der Waals surface area contributed by atoms with Crippen molar-refractivity contribution in [2.24, 2.45) is 0 Å². The predicted octanol–water partition coefficient (Wildman–Crippen LogP) is 4.87. The lowest BCUT2D eigenvalue weighted by atomic mass is 10.0. The van der Waals surface area contributed by atoms with Crippen molar-refractivity contribution in [3.8, 4) is 0 Å². The Balaban J connectivity index is 2.07. The van der Waals surface area contributed by atoms with Crippen molar-refractivity contribution in [1.29, 1.82) is 0 Å². The Morgan fingerprint density at radius 3 is 2.71 bits per heavy atom. The van der Waals surface area contributed by atoms with Crippen LogP contribution in [0.3, 0.4) is 0 Å². The van der Waals surface area contributed by atoms with Gasteiger partial charge in [-0.15, -0.1) is 0 Å². The Morgan fingerprint density at radius 2 is 1.96 bits per heavy atom. The Bertz CT molecular complexity index is 667. The summed E-state index contributed by atoms with van der Waals surface area (Å²) in [4.78, 5) is 16.4. The van der Waals surface area contributed by atoms with Gasteiger partial charge in [0.05, 0.1) is 17.4 Å². The van der Waals surface area contributed by atoms with Gasteiger partial charge in [-0.1, -0.05) is 51.8 Å². The third-order valence-corrected chi connectivity index (χ3v) is 3.93. The molecular formula is C20H27N3O. The van der Waals surface area contributed by atoms with Crippen molar-refractivity contribution < 1.29 is 4.79 Å². The monoisotopic (exact) mass is 325 g/mol. The smallest absolute Gasteiger partial charge is 0.252 e. The minimum absolute atomic E-state index is 0.0700. The highest BCUT2D eigenvalue weighted by Crippen LogP contribution is 2.26. The fourth-order valence-electron chi connectivity index (χ4n) is 2.58. The van der Waals surface area contributed by atoms with E-state index in [0.29, 0.717) is 18.0 Å². The summed E-state index contributed by atoms with van der Waals surface area (Å²) in [5.74, 6) is 0.353. The van der Waals surface area contributed by atoms with Gasteiger partial charge in [0.2, 0.25) is 0 Å². The molecule has 0 aliphatic heterocycles. The van der Waals surface area contributed by atoms with E-state index < -0.39 is 0 Å². The van der Waals surface area contributed by atoms with Gasteiger partial charge in [0.15, 0.2) is 0 Å². The van der Waals surface area contributed by atoms with Gasteiger partial charge < -0.3 is 10.6 Å². The molecule has 2 rings (SSSR count). The topological polar surface area (TPSA) is 54.0 Å². The van der Waals surface area contributed by atoms with E-state index in [1.807, 2.05) is 24.3 Å². The molecule has 24 heavy (non-hydrogen) atoms. The summed E-state index contributed by atoms with van der Waals surface area (Å²) in [5.41, 5.74) is 3.70. The van der Waals surface area contributed by atoms with Crippen LogP contribution >= 0.6 is 0 Å². The number of para-hydroxylation sites is 1. The van der Waals surface area contributed by atoms with E-state index in [2.05, 4.69) is 42.5 Å². The molecule has 0 radical (unpaired) electrons. The van der Waals surface area contributed by atoms with Crippen molar-refractivity contribution in [3.63, 3.8) is 0 Å². The molecule has 0 fully saturated rings. The number of amides is 1. The van der Waals surface area contributed by atoms with Crippen LogP contribution in [0.15, 0.2) is 42.7 Å². The molecule has 1 aromatic heterocycles. The quantitative estimate of drug-likeness (QED) is 0.681. The molecule has 128 valence electrons. The van der Waals surface area contributed by atoms with E-state index in [0.717, 1.165) is 30.6 Å². The molecule has 0 unspecified atom stereocenters. The average molecular weight is 325 g/mol. The first-order chi connectivity index (χ1) is 11.6. The zero-order valence-corrected chi connectivity index (χ0v) is 14.8. The summed E-state index contributed by atoms with van der Waals surface area (Å²) >= 11 is 0. The second kappa shape index (κ2) is 9.06. The number of benzene rings is 1. The van der Waals surface area contributed by atoms with E-state index in [4.69, 9.17) is 0 Å². The first kappa shape index (κ1) is 18.0. The Labute approximate surface area is 144 Å². The molecule has 0 atom stereocenters. The minimum Gasteiger partial charge on any atom is -0.354 e. The molecule has 0 spiro atoms. The second-order valence-corrected chi connectivity index (χ2v) is 6.29.